The predicted octanol–water partition coefficient (Wildman–Crippen LogP) is 2.64. The van der Waals surface area contributed by atoms with Crippen LogP contribution < -0.4 is 0 Å². The van der Waals surface area contributed by atoms with Crippen molar-refractivity contribution in [1.82, 2.24) is 0 Å². The zero-order chi connectivity index (χ0) is 18.8. The molecule has 2 aliphatic rings. The van der Waals surface area contributed by atoms with E-state index in [4.69, 9.17) is 13.1 Å². The Morgan fingerprint density at radius 3 is 1.41 bits per heavy atom. The molecular formula is C18H19ClN2O5V. The number of halogens is 1. The van der Waals surface area contributed by atoms with E-state index in [0.717, 1.165) is 17.4 Å². The van der Waals surface area contributed by atoms with E-state index < -0.39 is 0 Å². The van der Waals surface area contributed by atoms with Crippen molar-refractivity contribution >= 4 is 24.2 Å². The molecule has 0 atom stereocenters. The van der Waals surface area contributed by atoms with Crippen LogP contribution >= 0.6 is 12.4 Å². The fourth-order valence-electron chi connectivity index (χ4n) is 2.31. The summed E-state index contributed by atoms with van der Waals surface area (Å²) in [4.78, 5) is 8.20. The number of hydrogen-bond acceptors (Lipinski definition) is 7. The van der Waals surface area contributed by atoms with Crippen molar-refractivity contribution in [3.8, 4) is 11.5 Å². The van der Waals surface area contributed by atoms with E-state index in [2.05, 4.69) is 9.98 Å². The van der Waals surface area contributed by atoms with Crippen LogP contribution in [0.5, 0.6) is 11.5 Å². The molecule has 2 aliphatic heterocycles. The van der Waals surface area contributed by atoms with Crippen molar-refractivity contribution in [2.24, 2.45) is 9.98 Å². The summed E-state index contributed by atoms with van der Waals surface area (Å²) >= 11 is 1.06. The van der Waals surface area contributed by atoms with Gasteiger partial charge in [-0.15, -0.1) is 12.4 Å². The second-order valence-electron chi connectivity index (χ2n) is 5.10. The maximum absolute atomic E-state index is 9.41. The van der Waals surface area contributed by atoms with Crippen LogP contribution in [0.2, 0.25) is 0 Å². The van der Waals surface area contributed by atoms with Crippen molar-refractivity contribution in [3.05, 3.63) is 59.7 Å². The van der Waals surface area contributed by atoms with Crippen LogP contribution in [0.25, 0.3) is 0 Å². The molecule has 0 amide bonds. The predicted molar refractivity (Wildman–Crippen MR) is 98.9 cm³/mol. The van der Waals surface area contributed by atoms with Crippen LogP contribution in [-0.4, -0.2) is 48.3 Å². The van der Waals surface area contributed by atoms with Gasteiger partial charge in [0.2, 0.25) is 11.8 Å². The molecule has 0 spiro atoms. The molecule has 9 heteroatoms. The number of phenolic OH excluding ortho intramolecular Hbond substituents is 2. The Kier molecular flexibility index (Phi) is 10.2. The Hall–Kier alpha value is -2.35. The number of phenols is 2. The first-order valence-electron chi connectivity index (χ1n) is 7.85. The van der Waals surface area contributed by atoms with Gasteiger partial charge in [-0.25, -0.2) is 9.98 Å². The fraction of sp³-hybridized carbons (Fsp3) is 0.222. The Bertz CT molecular complexity index is 735. The van der Waals surface area contributed by atoms with Gasteiger partial charge in [0.25, 0.3) is 0 Å². The van der Waals surface area contributed by atoms with Gasteiger partial charge in [-0.1, -0.05) is 24.3 Å². The molecule has 0 aromatic heterocycles. The average molecular weight is 430 g/mol. The molecule has 2 N–H and O–H groups in total. The SMILES string of the molecule is Cl.Oc1ccccc1C1=NCCO1.Oc1ccccc1C1=NCCO1.[O]=[V]. The van der Waals surface area contributed by atoms with Gasteiger partial charge in [-0.05, 0) is 24.3 Å². The molecule has 0 saturated carbocycles. The molecule has 7 nitrogen and oxygen atoms in total. The van der Waals surface area contributed by atoms with E-state index in [1.807, 2.05) is 12.1 Å². The van der Waals surface area contributed by atoms with Crippen molar-refractivity contribution in [2.45, 2.75) is 0 Å². The van der Waals surface area contributed by atoms with Crippen LogP contribution in [-0.2, 0) is 30.5 Å². The van der Waals surface area contributed by atoms with Crippen LogP contribution in [0.1, 0.15) is 11.1 Å². The maximum atomic E-state index is 9.41. The Balaban J connectivity index is 0.000000239. The zero-order valence-electron chi connectivity index (χ0n) is 14.3. The molecule has 0 bridgehead atoms. The molecule has 0 unspecified atom stereocenters. The molecule has 2 aromatic rings. The fourth-order valence-corrected chi connectivity index (χ4v) is 2.31. The number of aliphatic imine (C=N–C) groups is 2. The topological polar surface area (TPSA) is 101 Å². The summed E-state index contributed by atoms with van der Waals surface area (Å²) in [6.45, 7) is 2.60. The normalized spacial score (nSPS) is 13.9. The van der Waals surface area contributed by atoms with Crippen LogP contribution in [0.3, 0.4) is 0 Å². The standard InChI is InChI=1S/2C9H9NO2.ClH.O.V/c2*11-8-4-2-1-3-7(8)9-10-5-6-12-9;;;/h2*1-4,11H,5-6H2;1H;;. The molecule has 0 radical (unpaired) electrons. The van der Waals surface area contributed by atoms with Crippen LogP contribution in [0.15, 0.2) is 58.5 Å². The summed E-state index contributed by atoms with van der Waals surface area (Å²) in [6, 6.07) is 14.1. The van der Waals surface area contributed by atoms with E-state index in [0.29, 0.717) is 49.2 Å². The van der Waals surface area contributed by atoms with E-state index in [1.54, 1.807) is 36.4 Å². The molecule has 0 aliphatic carbocycles. The third kappa shape index (κ3) is 6.39. The van der Waals surface area contributed by atoms with E-state index >= 15 is 0 Å². The van der Waals surface area contributed by atoms with E-state index in [9.17, 15) is 10.2 Å². The Morgan fingerprint density at radius 1 is 0.741 bits per heavy atom. The molecule has 2 aromatic carbocycles. The summed E-state index contributed by atoms with van der Waals surface area (Å²) in [5.74, 6) is 1.54. The first kappa shape index (κ1) is 22.7. The van der Waals surface area contributed by atoms with Gasteiger partial charge in [0, 0.05) is 0 Å². The van der Waals surface area contributed by atoms with Crippen molar-refractivity contribution in [3.63, 3.8) is 0 Å². The van der Waals surface area contributed by atoms with E-state index in [1.165, 1.54) is 0 Å². The van der Waals surface area contributed by atoms with E-state index in [-0.39, 0.29) is 23.9 Å². The van der Waals surface area contributed by atoms with Gasteiger partial charge in [-0.2, -0.15) is 0 Å². The molecule has 2 heterocycles. The molecular weight excluding hydrogens is 411 g/mol. The van der Waals surface area contributed by atoms with Crippen LogP contribution in [0.4, 0.5) is 0 Å². The molecule has 143 valence electrons. The van der Waals surface area contributed by atoms with Crippen LogP contribution in [0, 0.1) is 0 Å². The number of hydrogen-bond donors (Lipinski definition) is 2. The Morgan fingerprint density at radius 2 is 1.11 bits per heavy atom. The zero-order valence-corrected chi connectivity index (χ0v) is 16.5. The average Bonchev–Trinajstić information content (AvgIpc) is 3.39. The van der Waals surface area contributed by atoms with Gasteiger partial charge in [0.1, 0.15) is 24.7 Å². The van der Waals surface area contributed by atoms with Crippen molar-refractivity contribution in [1.29, 1.82) is 0 Å². The summed E-state index contributed by atoms with van der Waals surface area (Å²) < 4.78 is 18.6. The first-order chi connectivity index (χ1) is 12.8. The molecule has 4 rings (SSSR count). The number of aromatic hydroxyl groups is 2. The summed E-state index contributed by atoms with van der Waals surface area (Å²) in [5.41, 5.74) is 1.35. The van der Waals surface area contributed by atoms with Gasteiger partial charge < -0.3 is 19.7 Å². The summed E-state index contributed by atoms with van der Waals surface area (Å²) in [7, 11) is 0. The number of para-hydroxylation sites is 2. The van der Waals surface area contributed by atoms with Gasteiger partial charge in [0.15, 0.2) is 0 Å². The quantitative estimate of drug-likeness (QED) is 0.764. The first-order valence-corrected chi connectivity index (χ1v) is 8.42. The minimum absolute atomic E-state index is 0. The third-order valence-corrected chi connectivity index (χ3v) is 3.44. The monoisotopic (exact) mass is 429 g/mol. The summed E-state index contributed by atoms with van der Waals surface area (Å²) in [5, 5.41) is 18.8. The number of ether oxygens (including phenoxy) is 2. The minimum atomic E-state index is 0. The van der Waals surface area contributed by atoms with Crippen molar-refractivity contribution < 1.29 is 40.7 Å². The van der Waals surface area contributed by atoms with Gasteiger partial charge in [-0.3, -0.25) is 0 Å². The second-order valence-corrected chi connectivity index (χ2v) is 5.10. The second kappa shape index (κ2) is 12.1. The van der Waals surface area contributed by atoms with Crippen molar-refractivity contribution in [2.75, 3.05) is 26.3 Å². The van der Waals surface area contributed by atoms with Gasteiger partial charge in [0.05, 0.1) is 24.2 Å². The number of nitrogens with zero attached hydrogens (tertiary/aromatic N) is 2. The summed E-state index contributed by atoms with van der Waals surface area (Å²) in [6.07, 6.45) is 0. The molecule has 27 heavy (non-hydrogen) atoms. The number of benzene rings is 2. The van der Waals surface area contributed by atoms with Gasteiger partial charge >= 0.3 is 21.0 Å². The third-order valence-electron chi connectivity index (χ3n) is 3.44. The Labute approximate surface area is 172 Å². The molecule has 0 saturated heterocycles. The number of rotatable bonds is 2. The molecule has 0 fully saturated rings.